The number of rotatable bonds is 10. The van der Waals surface area contributed by atoms with Crippen molar-refractivity contribution in [3.8, 4) is 0 Å². The number of aliphatic hydroxyl groups excluding tert-OH is 1. The van der Waals surface area contributed by atoms with Gasteiger partial charge >= 0.3 is 0 Å². The Morgan fingerprint density at radius 2 is 1.55 bits per heavy atom. The Labute approximate surface area is 236 Å². The molecule has 206 valence electrons. The number of nitrogens with one attached hydrogen (secondary N) is 1. The number of nitrogens with zero attached hydrogens (tertiary/aromatic N) is 2. The summed E-state index contributed by atoms with van der Waals surface area (Å²) < 4.78 is 1.97. The van der Waals surface area contributed by atoms with E-state index in [2.05, 4.69) is 16.3 Å². The zero-order valence-corrected chi connectivity index (χ0v) is 23.3. The van der Waals surface area contributed by atoms with Crippen LogP contribution in [0.15, 0.2) is 85.1 Å². The standard InChI is InChI=1S/C34H37N3O3/c1-3-36-18-4-5-32(36)34(40)22-25-6-11-28(12-7-25)35-31-15-8-26(21-24(31)2)23-33(39)27-9-13-29(14-10-27)37-19-16-30(38)17-20-37/h4-15,18,21,30,35,38H,3,16-17,19-20,22-23H2,1-2H3. The summed E-state index contributed by atoms with van der Waals surface area (Å²) in [4.78, 5) is 27.9. The summed E-state index contributed by atoms with van der Waals surface area (Å²) in [6.07, 6.45) is 4.02. The Kier molecular flexibility index (Phi) is 8.46. The molecule has 0 aliphatic carbocycles. The normalized spacial score (nSPS) is 13.8. The number of hydrogen-bond donors (Lipinski definition) is 2. The first-order chi connectivity index (χ1) is 19.4. The van der Waals surface area contributed by atoms with Crippen LogP contribution in [0.3, 0.4) is 0 Å². The van der Waals surface area contributed by atoms with Gasteiger partial charge in [-0.3, -0.25) is 9.59 Å². The van der Waals surface area contributed by atoms with Gasteiger partial charge in [-0.25, -0.2) is 0 Å². The molecule has 6 nitrogen and oxygen atoms in total. The predicted octanol–water partition coefficient (Wildman–Crippen LogP) is 6.37. The van der Waals surface area contributed by atoms with E-state index in [1.807, 2.05) is 97.4 Å². The van der Waals surface area contributed by atoms with Gasteiger partial charge in [-0.05, 0) is 98.0 Å². The molecule has 0 saturated carbocycles. The molecular formula is C34H37N3O3. The van der Waals surface area contributed by atoms with Crippen LogP contribution in [0.25, 0.3) is 0 Å². The van der Waals surface area contributed by atoms with Crippen LogP contribution in [0.4, 0.5) is 17.1 Å². The first-order valence-corrected chi connectivity index (χ1v) is 14.1. The number of aryl methyl sites for hydroxylation is 2. The van der Waals surface area contributed by atoms with Crippen molar-refractivity contribution < 1.29 is 14.7 Å². The number of carbonyl (C=O) groups excluding carboxylic acids is 2. The van der Waals surface area contributed by atoms with Gasteiger partial charge in [0.05, 0.1) is 11.8 Å². The molecule has 1 aliphatic rings. The number of piperidine rings is 1. The number of anilines is 3. The monoisotopic (exact) mass is 535 g/mol. The molecule has 1 aromatic heterocycles. The van der Waals surface area contributed by atoms with Crippen LogP contribution in [-0.4, -0.2) is 40.4 Å². The number of carbonyl (C=O) groups is 2. The largest absolute Gasteiger partial charge is 0.393 e. The summed E-state index contributed by atoms with van der Waals surface area (Å²) in [5, 5.41) is 13.2. The highest BCUT2D eigenvalue weighted by molar-refractivity contribution is 5.98. The number of benzene rings is 3. The fraction of sp³-hybridized carbons (Fsp3) is 0.294. The number of aliphatic hydroxyl groups is 1. The van der Waals surface area contributed by atoms with Crippen LogP contribution in [0.1, 0.15) is 57.3 Å². The van der Waals surface area contributed by atoms with E-state index in [4.69, 9.17) is 0 Å². The fourth-order valence-corrected chi connectivity index (χ4v) is 5.33. The summed E-state index contributed by atoms with van der Waals surface area (Å²) in [6, 6.07) is 25.7. The molecule has 0 unspecified atom stereocenters. The summed E-state index contributed by atoms with van der Waals surface area (Å²) >= 11 is 0. The van der Waals surface area contributed by atoms with Crippen molar-refractivity contribution in [3.63, 3.8) is 0 Å². The second-order valence-corrected chi connectivity index (χ2v) is 10.6. The summed E-state index contributed by atoms with van der Waals surface area (Å²) in [5.41, 5.74) is 7.51. The average molecular weight is 536 g/mol. The highest BCUT2D eigenvalue weighted by Crippen LogP contribution is 2.24. The summed E-state index contributed by atoms with van der Waals surface area (Å²) in [5.74, 6) is 0.212. The molecule has 4 aromatic rings. The van der Waals surface area contributed by atoms with Gasteiger partial charge in [-0.2, -0.15) is 0 Å². The Morgan fingerprint density at radius 1 is 0.875 bits per heavy atom. The zero-order chi connectivity index (χ0) is 28.1. The molecule has 3 aromatic carbocycles. The van der Waals surface area contributed by atoms with Gasteiger partial charge in [0.25, 0.3) is 0 Å². The van der Waals surface area contributed by atoms with Crippen LogP contribution in [0, 0.1) is 6.92 Å². The van der Waals surface area contributed by atoms with E-state index in [-0.39, 0.29) is 17.7 Å². The fourth-order valence-electron chi connectivity index (χ4n) is 5.33. The van der Waals surface area contributed by atoms with Crippen molar-refractivity contribution in [2.45, 2.75) is 52.2 Å². The lowest BCUT2D eigenvalue weighted by Gasteiger charge is -2.31. The quantitative estimate of drug-likeness (QED) is 0.231. The number of Topliss-reactive ketones (excluding diaryl/α,β-unsaturated/α-hetero) is 2. The van der Waals surface area contributed by atoms with Gasteiger partial charge in [-0.15, -0.1) is 0 Å². The second kappa shape index (κ2) is 12.3. The number of aromatic nitrogens is 1. The van der Waals surface area contributed by atoms with Crippen molar-refractivity contribution in [1.82, 2.24) is 4.57 Å². The smallest absolute Gasteiger partial charge is 0.183 e. The molecular weight excluding hydrogens is 498 g/mol. The van der Waals surface area contributed by atoms with Crippen molar-refractivity contribution in [2.75, 3.05) is 23.3 Å². The lowest BCUT2D eigenvalue weighted by atomic mass is 10.00. The third-order valence-corrected chi connectivity index (χ3v) is 7.73. The highest BCUT2D eigenvalue weighted by atomic mass is 16.3. The molecule has 1 aliphatic heterocycles. The predicted molar refractivity (Wildman–Crippen MR) is 161 cm³/mol. The Bertz CT molecular complexity index is 1460. The van der Waals surface area contributed by atoms with Gasteiger partial charge in [0.2, 0.25) is 0 Å². The van der Waals surface area contributed by atoms with E-state index < -0.39 is 0 Å². The minimum absolute atomic E-state index is 0.0945. The molecule has 6 heteroatoms. The molecule has 40 heavy (non-hydrogen) atoms. The first-order valence-electron chi connectivity index (χ1n) is 14.1. The molecule has 0 atom stereocenters. The van der Waals surface area contributed by atoms with E-state index in [9.17, 15) is 14.7 Å². The topological polar surface area (TPSA) is 74.6 Å². The maximum absolute atomic E-state index is 13.0. The lowest BCUT2D eigenvalue weighted by Crippen LogP contribution is -2.35. The van der Waals surface area contributed by atoms with E-state index >= 15 is 0 Å². The molecule has 0 bridgehead atoms. The van der Waals surface area contributed by atoms with E-state index in [0.717, 1.165) is 71.9 Å². The molecule has 1 saturated heterocycles. The van der Waals surface area contributed by atoms with Crippen molar-refractivity contribution in [3.05, 3.63) is 113 Å². The van der Waals surface area contributed by atoms with E-state index in [0.29, 0.717) is 18.4 Å². The van der Waals surface area contributed by atoms with Gasteiger partial charge < -0.3 is 19.9 Å². The van der Waals surface area contributed by atoms with Crippen LogP contribution in [0.2, 0.25) is 0 Å². The van der Waals surface area contributed by atoms with Gasteiger partial charge in [0.15, 0.2) is 11.6 Å². The van der Waals surface area contributed by atoms with Gasteiger partial charge in [-0.1, -0.05) is 24.3 Å². The lowest BCUT2D eigenvalue weighted by molar-refractivity contribution is 0.0979. The maximum atomic E-state index is 13.0. The molecule has 0 radical (unpaired) electrons. The maximum Gasteiger partial charge on any atom is 0.183 e. The molecule has 1 fully saturated rings. The third kappa shape index (κ3) is 6.52. The number of hydrogen-bond acceptors (Lipinski definition) is 5. The minimum atomic E-state index is -0.200. The first kappa shape index (κ1) is 27.4. The Morgan fingerprint density at radius 3 is 2.23 bits per heavy atom. The van der Waals surface area contributed by atoms with E-state index in [1.54, 1.807) is 0 Å². The van der Waals surface area contributed by atoms with Crippen molar-refractivity contribution in [1.29, 1.82) is 0 Å². The molecule has 0 spiro atoms. The molecule has 2 N–H and O–H groups in total. The SMILES string of the molecule is CCn1cccc1C(=O)Cc1ccc(Nc2ccc(CC(=O)c3ccc(N4CCC(O)CC4)cc3)cc2C)cc1. The van der Waals surface area contributed by atoms with Crippen LogP contribution in [0.5, 0.6) is 0 Å². The summed E-state index contributed by atoms with van der Waals surface area (Å²) in [7, 11) is 0. The number of ketones is 2. The van der Waals surface area contributed by atoms with Crippen LogP contribution in [-0.2, 0) is 19.4 Å². The summed E-state index contributed by atoms with van der Waals surface area (Å²) in [6.45, 7) is 6.53. The molecule has 2 heterocycles. The molecule has 0 amide bonds. The Hall–Kier alpha value is -4.16. The Balaban J connectivity index is 1.16. The van der Waals surface area contributed by atoms with Gasteiger partial charge in [0.1, 0.15) is 0 Å². The van der Waals surface area contributed by atoms with E-state index in [1.165, 1.54) is 0 Å². The van der Waals surface area contributed by atoms with Crippen molar-refractivity contribution in [2.24, 2.45) is 0 Å². The third-order valence-electron chi connectivity index (χ3n) is 7.73. The zero-order valence-electron chi connectivity index (χ0n) is 23.3. The minimum Gasteiger partial charge on any atom is -0.393 e. The second-order valence-electron chi connectivity index (χ2n) is 10.6. The van der Waals surface area contributed by atoms with Crippen LogP contribution < -0.4 is 10.2 Å². The molecule has 5 rings (SSSR count). The van der Waals surface area contributed by atoms with Crippen LogP contribution >= 0.6 is 0 Å². The average Bonchev–Trinajstić information content (AvgIpc) is 3.45. The van der Waals surface area contributed by atoms with Gasteiger partial charge in [0, 0.05) is 61.3 Å². The van der Waals surface area contributed by atoms with Crippen molar-refractivity contribution >= 4 is 28.6 Å². The highest BCUT2D eigenvalue weighted by Gasteiger charge is 2.18.